The molecule has 7 heteroatoms. The van der Waals surface area contributed by atoms with Crippen LogP contribution in [0.3, 0.4) is 0 Å². The van der Waals surface area contributed by atoms with Crippen molar-refractivity contribution in [3.63, 3.8) is 0 Å². The molecule has 1 aliphatic rings. The first kappa shape index (κ1) is 16.5. The van der Waals surface area contributed by atoms with Crippen molar-refractivity contribution in [1.29, 1.82) is 0 Å². The molecule has 1 saturated heterocycles. The first-order valence-corrected chi connectivity index (χ1v) is 8.69. The van der Waals surface area contributed by atoms with Gasteiger partial charge >= 0.3 is 0 Å². The van der Waals surface area contributed by atoms with E-state index in [2.05, 4.69) is 5.32 Å². The van der Waals surface area contributed by atoms with Gasteiger partial charge in [-0.25, -0.2) is 8.42 Å². The number of nitrogens with one attached hydrogen (secondary N) is 1. The topological polar surface area (TPSA) is 71.8 Å². The number of ether oxygens (including phenoxy) is 1. The second-order valence-corrected chi connectivity index (χ2v) is 7.62. The van der Waals surface area contributed by atoms with E-state index in [1.54, 1.807) is 13.0 Å². The van der Waals surface area contributed by atoms with Gasteiger partial charge in [-0.05, 0) is 13.8 Å². The van der Waals surface area contributed by atoms with Gasteiger partial charge in [0.25, 0.3) is 0 Å². The fraction of sp³-hybridized carbons (Fsp3) is 0.714. The number of hydrogen-bond acceptors (Lipinski definition) is 5. The molecule has 0 radical (unpaired) electrons. The molecule has 1 unspecified atom stereocenters. The minimum absolute atomic E-state index is 0.0807. The molecule has 6 nitrogen and oxygen atoms in total. The Labute approximate surface area is 126 Å². The van der Waals surface area contributed by atoms with Crippen molar-refractivity contribution < 1.29 is 17.6 Å². The van der Waals surface area contributed by atoms with Gasteiger partial charge in [0, 0.05) is 25.2 Å². The molecule has 0 spiro atoms. The highest BCUT2D eigenvalue weighted by atomic mass is 32.2. The van der Waals surface area contributed by atoms with Gasteiger partial charge in [0.1, 0.15) is 16.4 Å². The molecule has 1 fully saturated rings. The van der Waals surface area contributed by atoms with Crippen LogP contribution in [0.15, 0.2) is 15.4 Å². The molecule has 0 amide bonds. The Morgan fingerprint density at radius 2 is 2.19 bits per heavy atom. The molecular weight excluding hydrogens is 292 g/mol. The van der Waals surface area contributed by atoms with Crippen molar-refractivity contribution in [2.75, 3.05) is 19.7 Å². The van der Waals surface area contributed by atoms with E-state index in [9.17, 15) is 8.42 Å². The first-order valence-electron chi connectivity index (χ1n) is 7.25. The summed E-state index contributed by atoms with van der Waals surface area (Å²) in [6.45, 7) is 9.35. The van der Waals surface area contributed by atoms with E-state index in [0.717, 1.165) is 0 Å². The molecule has 1 N–H and O–H groups in total. The molecule has 0 aliphatic carbocycles. The second kappa shape index (κ2) is 6.48. The van der Waals surface area contributed by atoms with Crippen LogP contribution in [-0.2, 0) is 21.3 Å². The molecule has 1 atom stereocenters. The maximum atomic E-state index is 12.7. The molecule has 21 heavy (non-hydrogen) atoms. The predicted octanol–water partition coefficient (Wildman–Crippen LogP) is 1.50. The van der Waals surface area contributed by atoms with Crippen molar-refractivity contribution in [3.8, 4) is 0 Å². The summed E-state index contributed by atoms with van der Waals surface area (Å²) in [6, 6.07) is 1.94. The average molecular weight is 316 g/mol. The summed E-state index contributed by atoms with van der Waals surface area (Å²) in [5.41, 5.74) is 0. The van der Waals surface area contributed by atoms with Crippen LogP contribution in [0.4, 0.5) is 0 Å². The van der Waals surface area contributed by atoms with E-state index in [-0.39, 0.29) is 11.0 Å². The minimum Gasteiger partial charge on any atom is -0.464 e. The molecule has 2 rings (SSSR count). The molecular formula is C14H24N2O4S. The normalized spacial score (nSPS) is 21.1. The quantitative estimate of drug-likeness (QED) is 0.891. The SMILES string of the molecule is Cc1oc(CNC(C)C)cc1S(=O)(=O)N1CCOC(C)C1. The maximum absolute atomic E-state index is 12.7. The lowest BCUT2D eigenvalue weighted by atomic mass is 10.3. The lowest BCUT2D eigenvalue weighted by Gasteiger charge is -2.30. The smallest absolute Gasteiger partial charge is 0.246 e. The van der Waals surface area contributed by atoms with Gasteiger partial charge in [0.05, 0.1) is 19.3 Å². The third-order valence-electron chi connectivity index (χ3n) is 3.43. The van der Waals surface area contributed by atoms with Crippen molar-refractivity contribution >= 4 is 10.0 Å². The number of nitrogens with zero attached hydrogens (tertiary/aromatic N) is 1. The van der Waals surface area contributed by atoms with E-state index >= 15 is 0 Å². The van der Waals surface area contributed by atoms with E-state index in [1.165, 1.54) is 4.31 Å². The van der Waals surface area contributed by atoms with Crippen LogP contribution in [0, 0.1) is 6.92 Å². The summed E-state index contributed by atoms with van der Waals surface area (Å²) >= 11 is 0. The van der Waals surface area contributed by atoms with Crippen molar-refractivity contribution in [3.05, 3.63) is 17.6 Å². The molecule has 0 aromatic carbocycles. The van der Waals surface area contributed by atoms with Crippen LogP contribution >= 0.6 is 0 Å². The second-order valence-electron chi connectivity index (χ2n) is 5.71. The van der Waals surface area contributed by atoms with Crippen LogP contribution in [0.1, 0.15) is 32.3 Å². The van der Waals surface area contributed by atoms with Gasteiger partial charge in [-0.15, -0.1) is 0 Å². The van der Waals surface area contributed by atoms with Gasteiger partial charge in [0.15, 0.2) is 0 Å². The number of rotatable bonds is 5. The first-order chi connectivity index (χ1) is 9.80. The van der Waals surface area contributed by atoms with Crippen LogP contribution in [-0.4, -0.2) is 44.6 Å². The highest BCUT2D eigenvalue weighted by Gasteiger charge is 2.32. The van der Waals surface area contributed by atoms with E-state index in [4.69, 9.17) is 9.15 Å². The predicted molar refractivity (Wildman–Crippen MR) is 79.6 cm³/mol. The average Bonchev–Trinajstić information content (AvgIpc) is 2.78. The Morgan fingerprint density at radius 3 is 2.81 bits per heavy atom. The van der Waals surface area contributed by atoms with Gasteiger partial charge in [-0.1, -0.05) is 13.8 Å². The van der Waals surface area contributed by atoms with Crippen LogP contribution in [0.2, 0.25) is 0 Å². The van der Waals surface area contributed by atoms with Gasteiger partial charge in [-0.2, -0.15) is 4.31 Å². The molecule has 1 aromatic heterocycles. The highest BCUT2D eigenvalue weighted by molar-refractivity contribution is 7.89. The lowest BCUT2D eigenvalue weighted by molar-refractivity contribution is 0.0101. The zero-order chi connectivity index (χ0) is 15.6. The zero-order valence-corrected chi connectivity index (χ0v) is 13.9. The van der Waals surface area contributed by atoms with Crippen LogP contribution < -0.4 is 5.32 Å². The maximum Gasteiger partial charge on any atom is 0.246 e. The summed E-state index contributed by atoms with van der Waals surface area (Å²) < 4.78 is 37.8. The molecule has 0 saturated carbocycles. The minimum atomic E-state index is -3.51. The number of aryl methyl sites for hydroxylation is 1. The Kier molecular flexibility index (Phi) is 5.08. The number of sulfonamides is 1. The van der Waals surface area contributed by atoms with Gasteiger partial charge in [-0.3, -0.25) is 0 Å². The Bertz CT molecular complexity index is 580. The van der Waals surface area contributed by atoms with Crippen molar-refractivity contribution in [2.24, 2.45) is 0 Å². The standard InChI is InChI=1S/C14H24N2O4S/c1-10(2)15-8-13-7-14(12(4)20-13)21(17,18)16-5-6-19-11(3)9-16/h7,10-11,15H,5-6,8-9H2,1-4H3. The molecule has 2 heterocycles. The van der Waals surface area contributed by atoms with Crippen molar-refractivity contribution in [1.82, 2.24) is 9.62 Å². The molecule has 1 aliphatic heterocycles. The summed E-state index contributed by atoms with van der Waals surface area (Å²) in [4.78, 5) is 0.261. The summed E-state index contributed by atoms with van der Waals surface area (Å²) in [5, 5.41) is 3.22. The van der Waals surface area contributed by atoms with Gasteiger partial charge in [0.2, 0.25) is 10.0 Å². The number of hydrogen-bond donors (Lipinski definition) is 1. The third-order valence-corrected chi connectivity index (χ3v) is 5.40. The van der Waals surface area contributed by atoms with E-state index in [1.807, 2.05) is 20.8 Å². The lowest BCUT2D eigenvalue weighted by Crippen LogP contribution is -2.44. The zero-order valence-electron chi connectivity index (χ0n) is 13.0. The van der Waals surface area contributed by atoms with E-state index in [0.29, 0.717) is 43.8 Å². The number of furan rings is 1. The fourth-order valence-corrected chi connectivity index (χ4v) is 4.00. The number of morpholine rings is 1. The molecule has 0 bridgehead atoms. The van der Waals surface area contributed by atoms with Crippen LogP contribution in [0.25, 0.3) is 0 Å². The Morgan fingerprint density at radius 1 is 1.48 bits per heavy atom. The molecule has 1 aromatic rings. The van der Waals surface area contributed by atoms with Gasteiger partial charge < -0.3 is 14.5 Å². The monoisotopic (exact) mass is 316 g/mol. The van der Waals surface area contributed by atoms with E-state index < -0.39 is 10.0 Å². The summed E-state index contributed by atoms with van der Waals surface area (Å²) in [6.07, 6.45) is -0.0807. The van der Waals surface area contributed by atoms with Crippen LogP contribution in [0.5, 0.6) is 0 Å². The van der Waals surface area contributed by atoms with Crippen molar-refractivity contribution in [2.45, 2.75) is 51.3 Å². The Hall–Kier alpha value is -0.890. The fourth-order valence-electron chi connectivity index (χ4n) is 2.32. The largest absolute Gasteiger partial charge is 0.464 e. The summed E-state index contributed by atoms with van der Waals surface area (Å²) in [7, 11) is -3.51. The Balaban J connectivity index is 2.19. The highest BCUT2D eigenvalue weighted by Crippen LogP contribution is 2.25. The summed E-state index contributed by atoms with van der Waals surface area (Å²) in [5.74, 6) is 1.08. The third kappa shape index (κ3) is 3.85. The molecule has 120 valence electrons.